The van der Waals surface area contributed by atoms with Gasteiger partial charge in [-0.2, -0.15) is 0 Å². The molecule has 1 rings (SSSR count). The molecule has 0 saturated carbocycles. The molecule has 0 aliphatic carbocycles. The van der Waals surface area contributed by atoms with Crippen molar-refractivity contribution in [1.82, 2.24) is 0 Å². The summed E-state index contributed by atoms with van der Waals surface area (Å²) in [6.07, 6.45) is 0. The van der Waals surface area contributed by atoms with Gasteiger partial charge in [0, 0.05) is 17.3 Å². The van der Waals surface area contributed by atoms with Crippen LogP contribution in [0.1, 0.15) is 13.8 Å². The largest absolute Gasteiger partial charge is 0.491 e. The van der Waals surface area contributed by atoms with Crippen LogP contribution >= 0.6 is 27.5 Å². The fourth-order valence-electron chi connectivity index (χ4n) is 1.33. The third-order valence-electron chi connectivity index (χ3n) is 2.72. The number of hydrogen-bond donors (Lipinski definition) is 0. The van der Waals surface area contributed by atoms with Crippen molar-refractivity contribution >= 4 is 33.2 Å². The SMILES string of the molecule is CC(C)C(CBr)COc1cc([N+](=O)[O-])ccc1Cl. The Morgan fingerprint density at radius 2 is 2.17 bits per heavy atom. The number of benzene rings is 1. The Kier molecular flexibility index (Phi) is 5.88. The summed E-state index contributed by atoms with van der Waals surface area (Å²) in [6.45, 7) is 4.68. The molecule has 0 saturated heterocycles. The van der Waals surface area contributed by atoms with Gasteiger partial charge in [0.15, 0.2) is 0 Å². The standard InChI is InChI=1S/C12H15BrClNO3/c1-8(2)9(6-13)7-18-12-5-10(15(16)17)3-4-11(12)14/h3-5,8-9H,6-7H2,1-2H3. The fourth-order valence-corrected chi connectivity index (χ4v) is 2.43. The first-order valence-electron chi connectivity index (χ1n) is 5.58. The third kappa shape index (κ3) is 4.14. The van der Waals surface area contributed by atoms with Crippen LogP contribution < -0.4 is 4.74 Å². The quantitative estimate of drug-likeness (QED) is 0.442. The number of ether oxygens (including phenoxy) is 1. The maximum Gasteiger partial charge on any atom is 0.273 e. The van der Waals surface area contributed by atoms with Gasteiger partial charge >= 0.3 is 0 Å². The van der Waals surface area contributed by atoms with E-state index in [0.717, 1.165) is 5.33 Å². The third-order valence-corrected chi connectivity index (χ3v) is 3.86. The van der Waals surface area contributed by atoms with Crippen molar-refractivity contribution in [1.29, 1.82) is 0 Å². The summed E-state index contributed by atoms with van der Waals surface area (Å²) in [5, 5.41) is 11.9. The van der Waals surface area contributed by atoms with Crippen molar-refractivity contribution in [3.63, 3.8) is 0 Å². The molecule has 1 aromatic rings. The summed E-state index contributed by atoms with van der Waals surface area (Å²) >= 11 is 9.37. The Morgan fingerprint density at radius 1 is 1.50 bits per heavy atom. The maximum absolute atomic E-state index is 10.7. The molecule has 100 valence electrons. The predicted octanol–water partition coefficient (Wildman–Crippen LogP) is 4.29. The first kappa shape index (κ1) is 15.2. The minimum absolute atomic E-state index is 0.0191. The lowest BCUT2D eigenvalue weighted by Gasteiger charge is -2.19. The molecule has 1 unspecified atom stereocenters. The highest BCUT2D eigenvalue weighted by Gasteiger charge is 2.15. The summed E-state index contributed by atoms with van der Waals surface area (Å²) in [6, 6.07) is 4.20. The monoisotopic (exact) mass is 335 g/mol. The molecule has 0 radical (unpaired) electrons. The summed E-state index contributed by atoms with van der Waals surface area (Å²) in [5.41, 5.74) is -0.0191. The van der Waals surface area contributed by atoms with Gasteiger partial charge in [-0.05, 0) is 12.0 Å². The molecule has 18 heavy (non-hydrogen) atoms. The number of alkyl halides is 1. The highest BCUT2D eigenvalue weighted by Crippen LogP contribution is 2.29. The van der Waals surface area contributed by atoms with E-state index in [9.17, 15) is 10.1 Å². The molecular weight excluding hydrogens is 321 g/mol. The van der Waals surface area contributed by atoms with Gasteiger partial charge in [-0.25, -0.2) is 0 Å². The van der Waals surface area contributed by atoms with Crippen LogP contribution in [-0.2, 0) is 0 Å². The second kappa shape index (κ2) is 6.95. The van der Waals surface area contributed by atoms with Gasteiger partial charge in [0.1, 0.15) is 5.75 Å². The maximum atomic E-state index is 10.7. The molecule has 0 amide bonds. The molecule has 0 fully saturated rings. The van der Waals surface area contributed by atoms with Gasteiger partial charge < -0.3 is 4.74 Å². The van der Waals surface area contributed by atoms with Gasteiger partial charge in [-0.15, -0.1) is 0 Å². The number of nitro groups is 1. The molecule has 1 aromatic carbocycles. The molecule has 0 aliphatic heterocycles. The van der Waals surface area contributed by atoms with Crippen LogP contribution in [0.4, 0.5) is 5.69 Å². The zero-order chi connectivity index (χ0) is 13.7. The van der Waals surface area contributed by atoms with Crippen LogP contribution in [0.5, 0.6) is 5.75 Å². The number of halogens is 2. The van der Waals surface area contributed by atoms with Crippen molar-refractivity contribution in [3.8, 4) is 5.75 Å². The Labute approximate surface area is 120 Å². The summed E-state index contributed by atoms with van der Waals surface area (Å²) < 4.78 is 5.58. The second-order valence-corrected chi connectivity index (χ2v) is 5.40. The van der Waals surface area contributed by atoms with Gasteiger partial charge in [0.2, 0.25) is 0 Å². The lowest BCUT2D eigenvalue weighted by Crippen LogP contribution is -2.19. The van der Waals surface area contributed by atoms with Crippen molar-refractivity contribution in [2.75, 3.05) is 11.9 Å². The van der Waals surface area contributed by atoms with Gasteiger partial charge in [0.05, 0.1) is 22.6 Å². The van der Waals surface area contributed by atoms with Crippen LogP contribution in [0, 0.1) is 22.0 Å². The molecule has 0 spiro atoms. The Hall–Kier alpha value is -0.810. The Balaban J connectivity index is 2.77. The van der Waals surface area contributed by atoms with E-state index in [1.807, 2.05) is 0 Å². The smallest absolute Gasteiger partial charge is 0.273 e. The van der Waals surface area contributed by atoms with Crippen molar-refractivity contribution < 1.29 is 9.66 Å². The van der Waals surface area contributed by atoms with E-state index in [4.69, 9.17) is 16.3 Å². The van der Waals surface area contributed by atoms with Gasteiger partial charge in [-0.3, -0.25) is 10.1 Å². The van der Waals surface area contributed by atoms with E-state index in [0.29, 0.717) is 29.2 Å². The number of hydrogen-bond acceptors (Lipinski definition) is 3. The summed E-state index contributed by atoms with van der Waals surface area (Å²) in [5.74, 6) is 1.15. The predicted molar refractivity (Wildman–Crippen MR) is 75.7 cm³/mol. The van der Waals surface area contributed by atoms with E-state index in [1.54, 1.807) is 0 Å². The Bertz CT molecular complexity index is 426. The molecule has 6 heteroatoms. The van der Waals surface area contributed by atoms with Crippen molar-refractivity contribution in [2.24, 2.45) is 11.8 Å². The van der Waals surface area contributed by atoms with E-state index < -0.39 is 4.92 Å². The van der Waals surface area contributed by atoms with E-state index in [1.165, 1.54) is 18.2 Å². The van der Waals surface area contributed by atoms with Crippen LogP contribution in [-0.4, -0.2) is 16.9 Å². The van der Waals surface area contributed by atoms with Crippen LogP contribution in [0.25, 0.3) is 0 Å². The zero-order valence-electron chi connectivity index (χ0n) is 10.2. The van der Waals surface area contributed by atoms with E-state index in [-0.39, 0.29) is 5.69 Å². The summed E-state index contributed by atoms with van der Waals surface area (Å²) in [7, 11) is 0. The van der Waals surface area contributed by atoms with Gasteiger partial charge in [0.25, 0.3) is 5.69 Å². The van der Waals surface area contributed by atoms with Crippen LogP contribution in [0.3, 0.4) is 0 Å². The average molecular weight is 337 g/mol. The summed E-state index contributed by atoms with van der Waals surface area (Å²) in [4.78, 5) is 10.2. The molecule has 0 heterocycles. The minimum Gasteiger partial charge on any atom is -0.491 e. The molecule has 1 atom stereocenters. The zero-order valence-corrected chi connectivity index (χ0v) is 12.6. The number of non-ortho nitro benzene ring substituents is 1. The number of rotatable bonds is 6. The number of nitrogens with zero attached hydrogens (tertiary/aromatic N) is 1. The first-order chi connectivity index (χ1) is 8.45. The fraction of sp³-hybridized carbons (Fsp3) is 0.500. The minimum atomic E-state index is -0.465. The van der Waals surface area contributed by atoms with Crippen LogP contribution in [0.15, 0.2) is 18.2 Å². The molecule has 0 bridgehead atoms. The molecule has 0 aromatic heterocycles. The second-order valence-electron chi connectivity index (χ2n) is 4.34. The van der Waals surface area contributed by atoms with Crippen molar-refractivity contribution in [3.05, 3.63) is 33.3 Å². The van der Waals surface area contributed by atoms with Crippen molar-refractivity contribution in [2.45, 2.75) is 13.8 Å². The molecule has 0 aliphatic rings. The molecule has 0 N–H and O–H groups in total. The van der Waals surface area contributed by atoms with E-state index in [2.05, 4.69) is 29.8 Å². The first-order valence-corrected chi connectivity index (χ1v) is 7.08. The highest BCUT2D eigenvalue weighted by molar-refractivity contribution is 9.09. The lowest BCUT2D eigenvalue weighted by atomic mass is 9.99. The van der Waals surface area contributed by atoms with Crippen LogP contribution in [0.2, 0.25) is 5.02 Å². The van der Waals surface area contributed by atoms with E-state index >= 15 is 0 Å². The lowest BCUT2D eigenvalue weighted by molar-refractivity contribution is -0.384. The topological polar surface area (TPSA) is 52.4 Å². The number of nitro benzene ring substituents is 1. The normalized spacial score (nSPS) is 12.5. The molecular formula is C12H15BrClNO3. The Morgan fingerprint density at radius 3 is 2.67 bits per heavy atom. The van der Waals surface area contributed by atoms with Gasteiger partial charge in [-0.1, -0.05) is 41.4 Å². The molecule has 4 nitrogen and oxygen atoms in total. The highest BCUT2D eigenvalue weighted by atomic mass is 79.9. The average Bonchev–Trinajstić information content (AvgIpc) is 2.31.